The van der Waals surface area contributed by atoms with E-state index in [0.29, 0.717) is 36.6 Å². The summed E-state index contributed by atoms with van der Waals surface area (Å²) in [6.45, 7) is 0.656. The van der Waals surface area contributed by atoms with E-state index in [9.17, 15) is 18.0 Å². The Labute approximate surface area is 191 Å². The summed E-state index contributed by atoms with van der Waals surface area (Å²) in [4.78, 5) is 26.4. The van der Waals surface area contributed by atoms with Crippen molar-refractivity contribution in [3.63, 3.8) is 0 Å². The molecule has 0 aliphatic carbocycles. The molecule has 2 N–H and O–H groups in total. The molecule has 0 saturated carbocycles. The van der Waals surface area contributed by atoms with Gasteiger partial charge in [0.2, 0.25) is 5.91 Å². The Morgan fingerprint density at radius 2 is 1.97 bits per heavy atom. The number of furan rings is 1. The Balaban J connectivity index is 1.59. The molecule has 0 atom stereocenters. The van der Waals surface area contributed by atoms with Crippen LogP contribution in [0.25, 0.3) is 0 Å². The molecule has 0 bridgehead atoms. The highest BCUT2D eigenvalue weighted by atomic mass is 32.2. The summed E-state index contributed by atoms with van der Waals surface area (Å²) >= 11 is 0. The molecule has 2 heterocycles. The van der Waals surface area contributed by atoms with Gasteiger partial charge in [0.1, 0.15) is 11.5 Å². The number of nitrogens with one attached hydrogen (secondary N) is 2. The monoisotopic (exact) mass is 469 g/mol. The van der Waals surface area contributed by atoms with E-state index in [1.807, 2.05) is 0 Å². The van der Waals surface area contributed by atoms with E-state index in [0.717, 1.165) is 0 Å². The molecule has 2 amide bonds. The van der Waals surface area contributed by atoms with Crippen LogP contribution in [-0.4, -0.2) is 33.9 Å². The number of methoxy groups -OCH3 is 1. The largest absolute Gasteiger partial charge is 0.495 e. The molecule has 3 aromatic rings. The second kappa shape index (κ2) is 9.37. The Morgan fingerprint density at radius 3 is 2.67 bits per heavy atom. The van der Waals surface area contributed by atoms with Gasteiger partial charge in [0.15, 0.2) is 0 Å². The zero-order valence-corrected chi connectivity index (χ0v) is 18.7. The van der Waals surface area contributed by atoms with E-state index >= 15 is 0 Å². The highest BCUT2D eigenvalue weighted by Gasteiger charge is 2.27. The summed E-state index contributed by atoms with van der Waals surface area (Å²) in [5.41, 5.74) is 0.687. The number of sulfonamides is 1. The average Bonchev–Trinajstić information content (AvgIpc) is 3.49. The van der Waals surface area contributed by atoms with Crippen LogP contribution in [0, 0.1) is 0 Å². The maximum Gasteiger partial charge on any atom is 0.261 e. The quantitative estimate of drug-likeness (QED) is 0.523. The first-order valence-corrected chi connectivity index (χ1v) is 11.8. The van der Waals surface area contributed by atoms with Crippen molar-refractivity contribution in [2.24, 2.45) is 0 Å². The molecule has 0 spiro atoms. The fourth-order valence-corrected chi connectivity index (χ4v) is 4.70. The SMILES string of the molecule is COc1ccc(S(=O)(=O)Nc2ccccc2C(=O)NCc2ccco2)cc1N1CCCC1=O. The Kier molecular flexibility index (Phi) is 6.36. The Bertz CT molecular complexity index is 1270. The first kappa shape index (κ1) is 22.4. The lowest BCUT2D eigenvalue weighted by Gasteiger charge is -2.20. The predicted octanol–water partition coefficient (Wildman–Crippen LogP) is 3.15. The maximum atomic E-state index is 13.2. The predicted molar refractivity (Wildman–Crippen MR) is 122 cm³/mol. The van der Waals surface area contributed by atoms with Gasteiger partial charge in [-0.05, 0) is 48.9 Å². The third-order valence-electron chi connectivity index (χ3n) is 5.24. The van der Waals surface area contributed by atoms with Crippen molar-refractivity contribution in [2.45, 2.75) is 24.3 Å². The van der Waals surface area contributed by atoms with Crippen LogP contribution in [0.3, 0.4) is 0 Å². The molecule has 1 saturated heterocycles. The van der Waals surface area contributed by atoms with Gasteiger partial charge in [-0.2, -0.15) is 0 Å². The van der Waals surface area contributed by atoms with Gasteiger partial charge >= 0.3 is 0 Å². The van der Waals surface area contributed by atoms with Crippen molar-refractivity contribution in [1.29, 1.82) is 0 Å². The maximum absolute atomic E-state index is 13.2. The van der Waals surface area contributed by atoms with Crippen LogP contribution < -0.4 is 19.7 Å². The normalized spacial score (nSPS) is 13.7. The van der Waals surface area contributed by atoms with Crippen molar-refractivity contribution in [3.05, 3.63) is 72.2 Å². The zero-order valence-electron chi connectivity index (χ0n) is 17.9. The molecule has 172 valence electrons. The summed E-state index contributed by atoms with van der Waals surface area (Å²) in [5, 5.41) is 2.71. The number of para-hydroxylation sites is 1. The number of anilines is 2. The van der Waals surface area contributed by atoms with Crippen LogP contribution in [0.1, 0.15) is 29.0 Å². The van der Waals surface area contributed by atoms with Crippen molar-refractivity contribution in [2.75, 3.05) is 23.3 Å². The molecule has 10 heteroatoms. The van der Waals surface area contributed by atoms with Gasteiger partial charge in [-0.3, -0.25) is 14.3 Å². The number of nitrogens with zero attached hydrogens (tertiary/aromatic N) is 1. The van der Waals surface area contributed by atoms with Gasteiger partial charge in [0.05, 0.1) is 41.8 Å². The fraction of sp³-hybridized carbons (Fsp3) is 0.217. The minimum atomic E-state index is -4.06. The standard InChI is InChI=1S/C23H23N3O6S/c1-31-21-11-10-17(14-20(21)26-12-4-9-22(26)27)33(29,30)25-19-8-3-2-7-18(19)23(28)24-15-16-6-5-13-32-16/h2-3,5-8,10-11,13-14,25H,4,9,12,15H2,1H3,(H,24,28). The van der Waals surface area contributed by atoms with Crippen LogP contribution in [0.4, 0.5) is 11.4 Å². The van der Waals surface area contributed by atoms with E-state index in [1.165, 1.54) is 48.6 Å². The van der Waals surface area contributed by atoms with Gasteiger partial charge in [0, 0.05) is 13.0 Å². The van der Waals surface area contributed by atoms with Gasteiger partial charge in [-0.25, -0.2) is 8.42 Å². The van der Waals surface area contributed by atoms with Gasteiger partial charge in [-0.15, -0.1) is 0 Å². The smallest absolute Gasteiger partial charge is 0.261 e. The van der Waals surface area contributed by atoms with Crippen molar-refractivity contribution in [3.8, 4) is 5.75 Å². The second-order valence-electron chi connectivity index (χ2n) is 7.40. The molecular formula is C23H23N3O6S. The first-order chi connectivity index (χ1) is 15.9. The number of carbonyl (C=O) groups excluding carboxylic acids is 2. The lowest BCUT2D eigenvalue weighted by Crippen LogP contribution is -2.25. The number of ether oxygens (including phenoxy) is 1. The second-order valence-corrected chi connectivity index (χ2v) is 9.08. The summed E-state index contributed by atoms with van der Waals surface area (Å²) in [5.74, 6) is 0.433. The van der Waals surface area contributed by atoms with Crippen LogP contribution in [-0.2, 0) is 21.4 Å². The highest BCUT2D eigenvalue weighted by molar-refractivity contribution is 7.92. The van der Waals surface area contributed by atoms with Crippen molar-refractivity contribution >= 4 is 33.2 Å². The summed E-state index contributed by atoms with van der Waals surface area (Å²) in [6.07, 6.45) is 2.60. The molecule has 0 radical (unpaired) electrons. The van der Waals surface area contributed by atoms with Gasteiger partial charge < -0.3 is 19.4 Å². The molecule has 1 aliphatic rings. The lowest BCUT2D eigenvalue weighted by atomic mass is 10.1. The molecule has 33 heavy (non-hydrogen) atoms. The molecule has 1 aromatic heterocycles. The molecule has 4 rings (SSSR count). The Hall–Kier alpha value is -3.79. The zero-order chi connectivity index (χ0) is 23.4. The van der Waals surface area contributed by atoms with Crippen molar-refractivity contribution < 1.29 is 27.2 Å². The topological polar surface area (TPSA) is 118 Å². The highest BCUT2D eigenvalue weighted by Crippen LogP contribution is 2.34. The third kappa shape index (κ3) is 4.85. The minimum Gasteiger partial charge on any atom is -0.495 e. The van der Waals surface area contributed by atoms with Crippen molar-refractivity contribution in [1.82, 2.24) is 5.32 Å². The number of hydrogen-bond acceptors (Lipinski definition) is 6. The molecule has 0 unspecified atom stereocenters. The number of hydrogen-bond donors (Lipinski definition) is 2. The number of carbonyl (C=O) groups is 2. The van der Waals surface area contributed by atoms with Gasteiger partial charge in [0.25, 0.3) is 15.9 Å². The molecule has 1 fully saturated rings. The van der Waals surface area contributed by atoms with Gasteiger partial charge in [-0.1, -0.05) is 12.1 Å². The summed E-state index contributed by atoms with van der Waals surface area (Å²) in [7, 11) is -2.60. The fourth-order valence-electron chi connectivity index (χ4n) is 3.60. The first-order valence-electron chi connectivity index (χ1n) is 10.3. The van der Waals surface area contributed by atoms with E-state index < -0.39 is 15.9 Å². The molecular weight excluding hydrogens is 446 g/mol. The number of rotatable bonds is 8. The van der Waals surface area contributed by atoms with Crippen LogP contribution in [0.2, 0.25) is 0 Å². The van der Waals surface area contributed by atoms with E-state index in [4.69, 9.17) is 9.15 Å². The van der Waals surface area contributed by atoms with Crippen LogP contribution >= 0.6 is 0 Å². The minimum absolute atomic E-state index is 0.0520. The average molecular weight is 470 g/mol. The summed E-state index contributed by atoms with van der Waals surface area (Å²) in [6, 6.07) is 14.1. The van der Waals surface area contributed by atoms with E-state index in [2.05, 4.69) is 10.0 Å². The van der Waals surface area contributed by atoms with Crippen LogP contribution in [0.5, 0.6) is 5.75 Å². The molecule has 9 nitrogen and oxygen atoms in total. The van der Waals surface area contributed by atoms with E-state index in [-0.39, 0.29) is 28.6 Å². The Morgan fingerprint density at radius 1 is 1.15 bits per heavy atom. The third-order valence-corrected chi connectivity index (χ3v) is 6.61. The molecule has 2 aromatic carbocycles. The molecule has 1 aliphatic heterocycles. The number of amides is 2. The van der Waals surface area contributed by atoms with Crippen LogP contribution in [0.15, 0.2) is 70.2 Å². The lowest BCUT2D eigenvalue weighted by molar-refractivity contribution is -0.117. The van der Waals surface area contributed by atoms with E-state index in [1.54, 1.807) is 24.3 Å². The summed E-state index contributed by atoms with van der Waals surface area (Å²) < 4.78 is 39.4. The number of benzene rings is 2.